The zero-order valence-corrected chi connectivity index (χ0v) is 17.0. The minimum absolute atomic E-state index is 0.0717. The largest absolute Gasteiger partial charge is 0.342 e. The van der Waals surface area contributed by atoms with Crippen LogP contribution in [-0.4, -0.2) is 54.3 Å². The third-order valence-electron chi connectivity index (χ3n) is 6.29. The third kappa shape index (κ3) is 4.51. The Bertz CT molecular complexity index is 859. The summed E-state index contributed by atoms with van der Waals surface area (Å²) in [5.74, 6) is -0.331. The van der Waals surface area contributed by atoms with E-state index in [-0.39, 0.29) is 24.2 Å². The van der Waals surface area contributed by atoms with E-state index in [2.05, 4.69) is 41.5 Å². The van der Waals surface area contributed by atoms with Crippen molar-refractivity contribution in [1.29, 1.82) is 0 Å². The van der Waals surface area contributed by atoms with Crippen LogP contribution in [0, 0.1) is 0 Å². The molecule has 2 heterocycles. The van der Waals surface area contributed by atoms with Crippen LogP contribution in [0.1, 0.15) is 36.3 Å². The van der Waals surface area contributed by atoms with Crippen LogP contribution < -0.4 is 5.32 Å². The van der Waals surface area contributed by atoms with Crippen molar-refractivity contribution in [3.05, 3.63) is 65.7 Å². The highest BCUT2D eigenvalue weighted by Gasteiger charge is 2.35. The van der Waals surface area contributed by atoms with Gasteiger partial charge in [0.1, 0.15) is 0 Å². The molecule has 1 N–H and O–H groups in total. The smallest absolute Gasteiger partial charge is 0.230 e. The topological polar surface area (TPSA) is 52.7 Å². The standard InChI is InChI=1S/C24H29N3O2/c1-26(14-11-18-7-3-2-4-8-18)19-12-15-27(16-13-19)24(29)21-17-23(28)25-22-10-6-5-9-20(21)22/h2-10,19,21H,11-17H2,1H3,(H,25,28). The maximum Gasteiger partial charge on any atom is 0.230 e. The number of nitrogens with zero attached hydrogens (tertiary/aromatic N) is 2. The molecule has 0 radical (unpaired) electrons. The van der Waals surface area contributed by atoms with E-state index in [0.717, 1.165) is 50.1 Å². The maximum atomic E-state index is 13.2. The molecule has 4 rings (SSSR count). The Morgan fingerprint density at radius 3 is 2.52 bits per heavy atom. The molecule has 0 saturated carbocycles. The van der Waals surface area contributed by atoms with Gasteiger partial charge in [-0.05, 0) is 43.5 Å². The first-order valence-electron chi connectivity index (χ1n) is 10.5. The van der Waals surface area contributed by atoms with Crippen LogP contribution >= 0.6 is 0 Å². The predicted molar refractivity (Wildman–Crippen MR) is 115 cm³/mol. The van der Waals surface area contributed by atoms with Crippen LogP contribution in [0.15, 0.2) is 54.6 Å². The van der Waals surface area contributed by atoms with Gasteiger partial charge in [0.2, 0.25) is 11.8 Å². The summed E-state index contributed by atoms with van der Waals surface area (Å²) >= 11 is 0. The van der Waals surface area contributed by atoms with Crippen LogP contribution in [0.3, 0.4) is 0 Å². The lowest BCUT2D eigenvalue weighted by atomic mass is 9.88. The molecule has 2 aliphatic heterocycles. The Kier molecular flexibility index (Phi) is 5.95. The van der Waals surface area contributed by atoms with Gasteiger partial charge in [-0.25, -0.2) is 0 Å². The number of likely N-dealkylation sites (tertiary alicyclic amines) is 1. The number of nitrogens with one attached hydrogen (secondary N) is 1. The maximum absolute atomic E-state index is 13.2. The van der Waals surface area contributed by atoms with E-state index in [9.17, 15) is 9.59 Å². The number of hydrogen-bond donors (Lipinski definition) is 1. The van der Waals surface area contributed by atoms with Gasteiger partial charge in [0.25, 0.3) is 0 Å². The average Bonchev–Trinajstić information content (AvgIpc) is 2.77. The highest BCUT2D eigenvalue weighted by Crippen LogP contribution is 2.34. The van der Waals surface area contributed by atoms with Crippen LogP contribution in [-0.2, 0) is 16.0 Å². The first-order valence-corrected chi connectivity index (χ1v) is 10.5. The third-order valence-corrected chi connectivity index (χ3v) is 6.29. The Balaban J connectivity index is 1.32. The lowest BCUT2D eigenvalue weighted by Crippen LogP contribution is -2.48. The van der Waals surface area contributed by atoms with Crippen LogP contribution in [0.4, 0.5) is 5.69 Å². The lowest BCUT2D eigenvalue weighted by Gasteiger charge is -2.38. The quantitative estimate of drug-likeness (QED) is 0.851. The molecule has 5 heteroatoms. The van der Waals surface area contributed by atoms with E-state index < -0.39 is 0 Å². The summed E-state index contributed by atoms with van der Waals surface area (Å²) in [4.78, 5) is 29.6. The molecule has 0 aromatic heterocycles. The molecule has 2 aromatic rings. The number of para-hydroxylation sites is 1. The van der Waals surface area contributed by atoms with Gasteiger partial charge in [-0.15, -0.1) is 0 Å². The summed E-state index contributed by atoms with van der Waals surface area (Å²) in [6.07, 6.45) is 3.26. The molecule has 29 heavy (non-hydrogen) atoms. The Hall–Kier alpha value is -2.66. The zero-order chi connectivity index (χ0) is 20.2. The van der Waals surface area contributed by atoms with Crippen molar-refractivity contribution in [3.8, 4) is 0 Å². The molecule has 2 aromatic carbocycles. The lowest BCUT2D eigenvalue weighted by molar-refractivity contribution is -0.136. The van der Waals surface area contributed by atoms with Gasteiger partial charge in [0.05, 0.1) is 5.92 Å². The number of carbonyl (C=O) groups is 2. The van der Waals surface area contributed by atoms with Crippen LogP contribution in [0.25, 0.3) is 0 Å². The molecule has 1 fully saturated rings. The fourth-order valence-electron chi connectivity index (χ4n) is 4.51. The normalized spacial score (nSPS) is 19.7. The fraction of sp³-hybridized carbons (Fsp3) is 0.417. The van der Waals surface area contributed by atoms with E-state index >= 15 is 0 Å². The monoisotopic (exact) mass is 391 g/mol. The molecular formula is C24H29N3O2. The number of likely N-dealkylation sites (N-methyl/N-ethyl adjacent to an activating group) is 1. The zero-order valence-electron chi connectivity index (χ0n) is 17.0. The molecule has 0 aliphatic carbocycles. The highest BCUT2D eigenvalue weighted by atomic mass is 16.2. The molecule has 1 unspecified atom stereocenters. The number of hydrogen-bond acceptors (Lipinski definition) is 3. The number of carbonyl (C=O) groups excluding carboxylic acids is 2. The number of amides is 2. The Morgan fingerprint density at radius 1 is 1.07 bits per heavy atom. The first kappa shape index (κ1) is 19.6. The molecule has 2 amide bonds. The molecule has 0 bridgehead atoms. The van der Waals surface area contributed by atoms with Gasteiger partial charge in [0, 0.05) is 37.8 Å². The van der Waals surface area contributed by atoms with Crippen molar-refractivity contribution < 1.29 is 9.59 Å². The van der Waals surface area contributed by atoms with Crippen molar-refractivity contribution in [3.63, 3.8) is 0 Å². The summed E-state index contributed by atoms with van der Waals surface area (Å²) in [6.45, 7) is 2.55. The van der Waals surface area contributed by atoms with E-state index in [1.807, 2.05) is 35.2 Å². The van der Waals surface area contributed by atoms with Crippen molar-refractivity contribution in [2.45, 2.75) is 37.6 Å². The molecule has 152 valence electrons. The molecule has 5 nitrogen and oxygen atoms in total. The molecule has 1 atom stereocenters. The van der Waals surface area contributed by atoms with E-state index in [1.54, 1.807) is 0 Å². The minimum Gasteiger partial charge on any atom is -0.342 e. The number of piperidine rings is 1. The SMILES string of the molecule is CN(CCc1ccccc1)C1CCN(C(=O)C2CC(=O)Nc3ccccc32)CC1. The second-order valence-corrected chi connectivity index (χ2v) is 8.16. The summed E-state index contributed by atoms with van der Waals surface area (Å²) in [7, 11) is 2.19. The number of fused-ring (bicyclic) bond motifs is 1. The average molecular weight is 392 g/mol. The van der Waals surface area contributed by atoms with Crippen LogP contribution in [0.5, 0.6) is 0 Å². The second-order valence-electron chi connectivity index (χ2n) is 8.16. The van der Waals surface area contributed by atoms with Crippen LogP contribution in [0.2, 0.25) is 0 Å². The van der Waals surface area contributed by atoms with Crippen molar-refractivity contribution in [2.24, 2.45) is 0 Å². The summed E-state index contributed by atoms with van der Waals surface area (Å²) < 4.78 is 0. The van der Waals surface area contributed by atoms with Gasteiger partial charge >= 0.3 is 0 Å². The Labute approximate surface area is 172 Å². The van der Waals surface area contributed by atoms with Gasteiger partial charge < -0.3 is 15.1 Å². The summed E-state index contributed by atoms with van der Waals surface area (Å²) in [6, 6.07) is 18.7. The van der Waals surface area contributed by atoms with Gasteiger partial charge in [-0.3, -0.25) is 9.59 Å². The van der Waals surface area contributed by atoms with Crippen molar-refractivity contribution in [2.75, 3.05) is 32.0 Å². The Morgan fingerprint density at radius 2 is 1.76 bits per heavy atom. The van der Waals surface area contributed by atoms with Gasteiger partial charge in [0.15, 0.2) is 0 Å². The van der Waals surface area contributed by atoms with E-state index in [4.69, 9.17) is 0 Å². The number of benzene rings is 2. The highest BCUT2D eigenvalue weighted by molar-refractivity contribution is 6.01. The first-order chi connectivity index (χ1) is 14.1. The predicted octanol–water partition coefficient (Wildman–Crippen LogP) is 3.28. The molecule has 0 spiro atoms. The minimum atomic E-state index is -0.354. The van der Waals surface area contributed by atoms with Gasteiger partial charge in [-0.1, -0.05) is 48.5 Å². The summed E-state index contributed by atoms with van der Waals surface area (Å²) in [5.41, 5.74) is 3.08. The summed E-state index contributed by atoms with van der Waals surface area (Å²) in [5, 5.41) is 2.88. The van der Waals surface area contributed by atoms with Gasteiger partial charge in [-0.2, -0.15) is 0 Å². The van der Waals surface area contributed by atoms with E-state index in [0.29, 0.717) is 6.04 Å². The number of rotatable bonds is 5. The molecular weight excluding hydrogens is 362 g/mol. The second kappa shape index (κ2) is 8.78. The van der Waals surface area contributed by atoms with Crippen molar-refractivity contribution in [1.82, 2.24) is 9.80 Å². The van der Waals surface area contributed by atoms with Crippen molar-refractivity contribution >= 4 is 17.5 Å². The molecule has 1 saturated heterocycles. The fourth-order valence-corrected chi connectivity index (χ4v) is 4.51. The number of anilines is 1. The molecule has 2 aliphatic rings. The van der Waals surface area contributed by atoms with E-state index in [1.165, 1.54) is 5.56 Å².